The van der Waals surface area contributed by atoms with Gasteiger partial charge < -0.3 is 19.5 Å². The van der Waals surface area contributed by atoms with Gasteiger partial charge in [0.1, 0.15) is 11.4 Å². The lowest BCUT2D eigenvalue weighted by atomic mass is 9.70. The lowest BCUT2D eigenvalue weighted by Crippen LogP contribution is -2.53. The molecule has 0 radical (unpaired) electrons. The first-order valence-corrected chi connectivity index (χ1v) is 9.08. The molecule has 3 atom stereocenters. The van der Waals surface area contributed by atoms with Gasteiger partial charge in [-0.3, -0.25) is 0 Å². The average Bonchev–Trinajstić information content (AvgIpc) is 2.99. The van der Waals surface area contributed by atoms with Gasteiger partial charge in [0.05, 0.1) is 12.8 Å². The third-order valence-electron chi connectivity index (χ3n) is 5.37. The van der Waals surface area contributed by atoms with Crippen LogP contribution in [0.5, 0.6) is 5.75 Å². The maximum absolute atomic E-state index is 12.7. The molecule has 1 aliphatic carbocycles. The van der Waals surface area contributed by atoms with E-state index in [0.29, 0.717) is 13.0 Å². The van der Waals surface area contributed by atoms with Crippen LogP contribution in [0.1, 0.15) is 40.0 Å². The highest BCUT2D eigenvalue weighted by Gasteiger charge is 2.55. The van der Waals surface area contributed by atoms with Gasteiger partial charge >= 0.3 is 5.97 Å². The van der Waals surface area contributed by atoms with Gasteiger partial charge in [0.25, 0.3) is 0 Å². The Morgan fingerprint density at radius 1 is 1.28 bits per heavy atom. The number of carbonyl (C=O) groups excluding carboxylic acids is 1. The minimum Gasteiger partial charge on any atom is -0.495 e. The fourth-order valence-corrected chi connectivity index (χ4v) is 4.23. The Bertz CT molecular complexity index is 639. The second kappa shape index (κ2) is 6.52. The molecule has 25 heavy (non-hydrogen) atoms. The van der Waals surface area contributed by atoms with Crippen molar-refractivity contribution >= 4 is 11.7 Å². The maximum Gasteiger partial charge on any atom is 0.339 e. The van der Waals surface area contributed by atoms with Crippen molar-refractivity contribution in [2.45, 2.75) is 51.2 Å². The number of ether oxygens (including phenoxy) is 2. The molecule has 1 heterocycles. The number of para-hydroxylation sites is 2. The summed E-state index contributed by atoms with van der Waals surface area (Å²) in [5.41, 5.74) is -0.973. The van der Waals surface area contributed by atoms with Crippen molar-refractivity contribution < 1.29 is 19.4 Å². The van der Waals surface area contributed by atoms with E-state index in [-0.39, 0.29) is 11.8 Å². The van der Waals surface area contributed by atoms with E-state index in [0.717, 1.165) is 30.8 Å². The molecule has 1 saturated carbocycles. The van der Waals surface area contributed by atoms with E-state index in [2.05, 4.69) is 4.90 Å². The topological polar surface area (TPSA) is 59.0 Å². The lowest BCUT2D eigenvalue weighted by molar-refractivity contribution is -0.188. The van der Waals surface area contributed by atoms with E-state index in [1.807, 2.05) is 45.0 Å². The van der Waals surface area contributed by atoms with Crippen molar-refractivity contribution in [2.75, 3.05) is 25.1 Å². The molecule has 1 aliphatic heterocycles. The van der Waals surface area contributed by atoms with E-state index in [1.54, 1.807) is 7.11 Å². The van der Waals surface area contributed by atoms with Crippen LogP contribution in [0.2, 0.25) is 0 Å². The number of nitrogens with zero attached hydrogens (tertiary/aromatic N) is 1. The van der Waals surface area contributed by atoms with Gasteiger partial charge in [-0.25, -0.2) is 4.79 Å². The summed E-state index contributed by atoms with van der Waals surface area (Å²) in [4.78, 5) is 15.0. The zero-order chi connectivity index (χ0) is 18.2. The molecular weight excluding hydrogens is 318 g/mol. The quantitative estimate of drug-likeness (QED) is 0.852. The van der Waals surface area contributed by atoms with Crippen LogP contribution in [0.4, 0.5) is 5.69 Å². The molecule has 2 aliphatic rings. The summed E-state index contributed by atoms with van der Waals surface area (Å²) in [6.45, 7) is 6.98. The Morgan fingerprint density at radius 3 is 2.68 bits per heavy atom. The van der Waals surface area contributed by atoms with Crippen molar-refractivity contribution in [3.63, 3.8) is 0 Å². The number of benzene rings is 1. The smallest absolute Gasteiger partial charge is 0.339 e. The van der Waals surface area contributed by atoms with Crippen molar-refractivity contribution in [1.29, 1.82) is 0 Å². The third kappa shape index (κ3) is 3.47. The molecule has 1 aromatic rings. The van der Waals surface area contributed by atoms with Crippen LogP contribution in [0, 0.1) is 11.8 Å². The van der Waals surface area contributed by atoms with Crippen LogP contribution in [0.3, 0.4) is 0 Å². The third-order valence-corrected chi connectivity index (χ3v) is 5.37. The van der Waals surface area contributed by atoms with Crippen molar-refractivity contribution in [1.82, 2.24) is 0 Å². The fourth-order valence-electron chi connectivity index (χ4n) is 4.23. The van der Waals surface area contributed by atoms with E-state index in [9.17, 15) is 9.90 Å². The predicted octanol–water partition coefficient (Wildman–Crippen LogP) is 3.00. The SMILES string of the molecule is COc1ccccc1N1CC2CCCC(O)(C(=O)OC(C)(C)C)C2C1. The number of anilines is 1. The number of rotatable bonds is 3. The van der Waals surface area contributed by atoms with E-state index in [1.165, 1.54) is 0 Å². The van der Waals surface area contributed by atoms with E-state index < -0.39 is 17.2 Å². The molecule has 5 nitrogen and oxygen atoms in total. The fraction of sp³-hybridized carbons (Fsp3) is 0.650. The van der Waals surface area contributed by atoms with Crippen molar-refractivity contribution in [3.05, 3.63) is 24.3 Å². The minimum atomic E-state index is -1.40. The highest BCUT2D eigenvalue weighted by molar-refractivity contribution is 5.80. The number of hydrogen-bond acceptors (Lipinski definition) is 5. The molecule has 1 saturated heterocycles. The van der Waals surface area contributed by atoms with E-state index in [4.69, 9.17) is 9.47 Å². The Labute approximate surface area is 149 Å². The van der Waals surface area contributed by atoms with Crippen molar-refractivity contribution in [2.24, 2.45) is 11.8 Å². The Morgan fingerprint density at radius 2 is 2.00 bits per heavy atom. The zero-order valence-electron chi connectivity index (χ0n) is 15.6. The van der Waals surface area contributed by atoms with Crippen LogP contribution in [0.25, 0.3) is 0 Å². The summed E-state index contributed by atoms with van der Waals surface area (Å²) in [5.74, 6) is 0.524. The molecule has 3 rings (SSSR count). The first kappa shape index (κ1) is 18.1. The second-order valence-corrected chi connectivity index (χ2v) is 8.26. The number of carbonyl (C=O) groups is 1. The van der Waals surface area contributed by atoms with Crippen LogP contribution in [-0.2, 0) is 9.53 Å². The maximum atomic E-state index is 12.7. The van der Waals surface area contributed by atoms with E-state index >= 15 is 0 Å². The molecule has 0 amide bonds. The minimum absolute atomic E-state index is 0.110. The van der Waals surface area contributed by atoms with Gasteiger partial charge in [0, 0.05) is 19.0 Å². The molecular formula is C20H29NO4. The largest absolute Gasteiger partial charge is 0.495 e. The van der Waals surface area contributed by atoms with Gasteiger partial charge in [-0.2, -0.15) is 0 Å². The summed E-state index contributed by atoms with van der Waals surface area (Å²) < 4.78 is 11.0. The molecule has 5 heteroatoms. The number of methoxy groups -OCH3 is 1. The van der Waals surface area contributed by atoms with Gasteiger partial charge in [-0.1, -0.05) is 12.1 Å². The second-order valence-electron chi connectivity index (χ2n) is 8.26. The Kier molecular flexibility index (Phi) is 4.71. The van der Waals surface area contributed by atoms with Gasteiger partial charge in [0.2, 0.25) is 0 Å². The number of esters is 1. The monoisotopic (exact) mass is 347 g/mol. The van der Waals surface area contributed by atoms with Crippen molar-refractivity contribution in [3.8, 4) is 5.75 Å². The number of aliphatic hydroxyl groups is 1. The summed E-state index contributed by atoms with van der Waals surface area (Å²) in [6, 6.07) is 7.91. The first-order valence-electron chi connectivity index (χ1n) is 9.08. The molecule has 138 valence electrons. The van der Waals surface area contributed by atoms with Gasteiger partial charge in [-0.05, 0) is 58.1 Å². The summed E-state index contributed by atoms with van der Waals surface area (Å²) in [5, 5.41) is 11.2. The average molecular weight is 347 g/mol. The summed E-state index contributed by atoms with van der Waals surface area (Å²) in [6.07, 6.45) is 2.35. The van der Waals surface area contributed by atoms with Crippen LogP contribution in [0.15, 0.2) is 24.3 Å². The standard InChI is InChI=1S/C20H29NO4/c1-19(2,3)25-18(22)20(23)11-7-8-14-12-21(13-15(14)20)16-9-5-6-10-17(16)24-4/h5-6,9-10,14-15,23H,7-8,11-13H2,1-4H3. The zero-order valence-corrected chi connectivity index (χ0v) is 15.6. The molecule has 0 aromatic heterocycles. The molecule has 1 aromatic carbocycles. The highest BCUT2D eigenvalue weighted by Crippen LogP contribution is 2.46. The Hall–Kier alpha value is -1.75. The van der Waals surface area contributed by atoms with Crippen LogP contribution in [-0.4, -0.2) is 42.5 Å². The van der Waals surface area contributed by atoms with Crippen LogP contribution < -0.4 is 9.64 Å². The molecule has 1 N–H and O–H groups in total. The molecule has 2 fully saturated rings. The summed E-state index contributed by atoms with van der Waals surface area (Å²) >= 11 is 0. The first-order chi connectivity index (χ1) is 11.7. The number of hydrogen-bond donors (Lipinski definition) is 1. The normalized spacial score (nSPS) is 29.2. The molecule has 0 spiro atoms. The van der Waals surface area contributed by atoms with Crippen LogP contribution >= 0.6 is 0 Å². The molecule has 0 bridgehead atoms. The number of fused-ring (bicyclic) bond motifs is 1. The van der Waals surface area contributed by atoms with Gasteiger partial charge in [-0.15, -0.1) is 0 Å². The summed E-state index contributed by atoms with van der Waals surface area (Å²) in [7, 11) is 1.67. The lowest BCUT2D eigenvalue weighted by Gasteiger charge is -2.40. The van der Waals surface area contributed by atoms with Gasteiger partial charge in [0.15, 0.2) is 5.60 Å². The molecule has 3 unspecified atom stereocenters. The Balaban J connectivity index is 1.84. The highest BCUT2D eigenvalue weighted by atomic mass is 16.6. The predicted molar refractivity (Wildman–Crippen MR) is 96.8 cm³/mol.